The fraction of sp³-hybridized carbons (Fsp3) is 0.318. The average molecular weight is 444 g/mol. The first-order chi connectivity index (χ1) is 15.3. The second kappa shape index (κ2) is 8.89. The van der Waals surface area contributed by atoms with E-state index in [1.807, 2.05) is 36.1 Å². The molecule has 32 heavy (non-hydrogen) atoms. The number of carbonyl (C=O) groups excluding carboxylic acids is 1. The molecule has 0 saturated heterocycles. The zero-order chi connectivity index (χ0) is 22.7. The highest BCUT2D eigenvalue weighted by Gasteiger charge is 2.31. The van der Waals surface area contributed by atoms with Gasteiger partial charge < -0.3 is 15.5 Å². The highest BCUT2D eigenvalue weighted by Crippen LogP contribution is 2.34. The summed E-state index contributed by atoms with van der Waals surface area (Å²) in [4.78, 5) is 18.5. The molecule has 2 amide bonds. The third-order valence-electron chi connectivity index (χ3n) is 5.38. The van der Waals surface area contributed by atoms with Gasteiger partial charge in [-0.3, -0.25) is 4.98 Å². The van der Waals surface area contributed by atoms with Crippen LogP contribution < -0.4 is 15.5 Å². The van der Waals surface area contributed by atoms with Gasteiger partial charge in [-0.1, -0.05) is 6.07 Å². The minimum absolute atomic E-state index is 0.0144. The molecule has 2 atom stereocenters. The maximum atomic E-state index is 12.9. The minimum Gasteiger partial charge on any atom is -0.338 e. The van der Waals surface area contributed by atoms with Crippen LogP contribution in [-0.4, -0.2) is 33.9 Å². The summed E-state index contributed by atoms with van der Waals surface area (Å²) in [5.74, 6) is 0.815. The maximum absolute atomic E-state index is 12.9. The van der Waals surface area contributed by atoms with Crippen LogP contribution in [0.15, 0.2) is 60.9 Å². The van der Waals surface area contributed by atoms with Gasteiger partial charge in [-0.15, -0.1) is 0 Å². The lowest BCUT2D eigenvalue weighted by molar-refractivity contribution is -0.137. The van der Waals surface area contributed by atoms with Gasteiger partial charge >= 0.3 is 12.2 Å². The van der Waals surface area contributed by atoms with Crippen molar-refractivity contribution in [2.45, 2.75) is 25.7 Å². The molecule has 2 N–H and O–H groups in total. The third-order valence-corrected chi connectivity index (χ3v) is 5.38. The predicted octanol–water partition coefficient (Wildman–Crippen LogP) is 4.13. The van der Waals surface area contributed by atoms with E-state index in [1.54, 1.807) is 17.1 Å². The van der Waals surface area contributed by atoms with Gasteiger partial charge in [0.2, 0.25) is 0 Å². The molecule has 1 aliphatic heterocycles. The van der Waals surface area contributed by atoms with E-state index in [1.165, 1.54) is 12.1 Å². The Morgan fingerprint density at radius 2 is 1.91 bits per heavy atom. The molecule has 1 aliphatic rings. The number of aromatic nitrogens is 3. The molecule has 0 aliphatic carbocycles. The Hall–Kier alpha value is -3.56. The topological polar surface area (TPSA) is 75.1 Å². The normalized spacial score (nSPS) is 16.9. The van der Waals surface area contributed by atoms with E-state index >= 15 is 0 Å². The van der Waals surface area contributed by atoms with Gasteiger partial charge in [-0.05, 0) is 43.3 Å². The molecule has 0 bridgehead atoms. The van der Waals surface area contributed by atoms with Crippen molar-refractivity contribution in [3.63, 3.8) is 0 Å². The summed E-state index contributed by atoms with van der Waals surface area (Å²) in [6.45, 7) is 3.37. The highest BCUT2D eigenvalue weighted by atomic mass is 19.4. The number of carbonyl (C=O) groups is 1. The Balaban J connectivity index is 1.40. The first-order valence-electron chi connectivity index (χ1n) is 10.2. The number of rotatable bonds is 5. The Morgan fingerprint density at radius 1 is 1.12 bits per heavy atom. The number of hydrogen-bond donors (Lipinski definition) is 2. The van der Waals surface area contributed by atoms with Crippen LogP contribution in [0.25, 0.3) is 0 Å². The number of urea groups is 1. The molecule has 3 aromatic rings. The van der Waals surface area contributed by atoms with Gasteiger partial charge in [0, 0.05) is 43.5 Å². The number of nitrogens with zero attached hydrogens (tertiary/aromatic N) is 4. The van der Waals surface area contributed by atoms with Crippen molar-refractivity contribution in [1.29, 1.82) is 0 Å². The number of hydrogen-bond acceptors (Lipinski definition) is 4. The molecular weight excluding hydrogens is 421 g/mol. The standard InChI is InChI=1S/C22H23F3N6O/c1-15(19-4-2-3-10-26-19)29-21(32)27-12-16-13-30(20-9-11-28-31(20)14-16)18-7-5-17(6-8-18)22(23,24)25/h2-11,15-16H,12-14H2,1H3,(H2,27,29,32)/t15-,16?/m0/s1. The van der Waals surface area contributed by atoms with Crippen molar-refractivity contribution < 1.29 is 18.0 Å². The van der Waals surface area contributed by atoms with Gasteiger partial charge in [0.1, 0.15) is 5.82 Å². The van der Waals surface area contributed by atoms with Gasteiger partial charge in [-0.25, -0.2) is 9.48 Å². The summed E-state index contributed by atoms with van der Waals surface area (Å²) < 4.78 is 40.5. The molecule has 0 saturated carbocycles. The van der Waals surface area contributed by atoms with Crippen molar-refractivity contribution in [3.8, 4) is 0 Å². The van der Waals surface area contributed by atoms with E-state index in [0.717, 1.165) is 23.6 Å². The quantitative estimate of drug-likeness (QED) is 0.621. The first-order valence-corrected chi connectivity index (χ1v) is 10.2. The molecule has 3 heterocycles. The number of alkyl halides is 3. The van der Waals surface area contributed by atoms with Crippen LogP contribution in [0.2, 0.25) is 0 Å². The molecule has 7 nitrogen and oxygen atoms in total. The average Bonchev–Trinajstić information content (AvgIpc) is 3.26. The summed E-state index contributed by atoms with van der Waals surface area (Å²) in [6, 6.07) is 11.8. The third kappa shape index (κ3) is 4.84. The van der Waals surface area contributed by atoms with Crippen molar-refractivity contribution in [2.75, 3.05) is 18.0 Å². The van der Waals surface area contributed by atoms with Gasteiger partial charge in [-0.2, -0.15) is 18.3 Å². The van der Waals surface area contributed by atoms with Crippen LogP contribution in [0.4, 0.5) is 29.5 Å². The lowest BCUT2D eigenvalue weighted by atomic mass is 10.1. The van der Waals surface area contributed by atoms with E-state index < -0.39 is 11.7 Å². The van der Waals surface area contributed by atoms with Crippen LogP contribution >= 0.6 is 0 Å². The molecular formula is C22H23F3N6O. The molecule has 0 radical (unpaired) electrons. The summed E-state index contributed by atoms with van der Waals surface area (Å²) in [6.07, 6.45) is -1.05. The molecule has 4 rings (SSSR count). The van der Waals surface area contributed by atoms with Crippen LogP contribution in [0.5, 0.6) is 0 Å². The van der Waals surface area contributed by atoms with E-state index in [2.05, 4.69) is 20.7 Å². The van der Waals surface area contributed by atoms with Crippen LogP contribution in [-0.2, 0) is 12.7 Å². The highest BCUT2D eigenvalue weighted by molar-refractivity contribution is 5.74. The number of fused-ring (bicyclic) bond motifs is 1. The minimum atomic E-state index is -4.38. The Bertz CT molecular complexity index is 1050. The Kier molecular flexibility index (Phi) is 6.02. The molecule has 2 aromatic heterocycles. The van der Waals surface area contributed by atoms with Gasteiger partial charge in [0.25, 0.3) is 0 Å². The second-order valence-electron chi connectivity index (χ2n) is 7.72. The number of halogens is 3. The van der Waals surface area contributed by atoms with Crippen molar-refractivity contribution in [2.24, 2.45) is 5.92 Å². The number of pyridine rings is 1. The fourth-order valence-corrected chi connectivity index (χ4v) is 3.74. The van der Waals surface area contributed by atoms with E-state index in [9.17, 15) is 18.0 Å². The first kappa shape index (κ1) is 21.7. The maximum Gasteiger partial charge on any atom is 0.416 e. The number of anilines is 2. The number of benzene rings is 1. The summed E-state index contributed by atoms with van der Waals surface area (Å²) in [5.41, 5.74) is 0.705. The van der Waals surface area contributed by atoms with E-state index in [4.69, 9.17) is 0 Å². The molecule has 0 spiro atoms. The van der Waals surface area contributed by atoms with E-state index in [0.29, 0.717) is 25.3 Å². The molecule has 0 fully saturated rings. The van der Waals surface area contributed by atoms with Gasteiger partial charge in [0.05, 0.1) is 23.5 Å². The summed E-state index contributed by atoms with van der Waals surface area (Å²) in [7, 11) is 0. The second-order valence-corrected chi connectivity index (χ2v) is 7.72. The van der Waals surface area contributed by atoms with Crippen molar-refractivity contribution in [1.82, 2.24) is 25.4 Å². The lowest BCUT2D eigenvalue weighted by Gasteiger charge is -2.35. The van der Waals surface area contributed by atoms with Crippen LogP contribution in [0.1, 0.15) is 24.2 Å². The summed E-state index contributed by atoms with van der Waals surface area (Å²) in [5, 5.41) is 10.1. The Labute approximate surface area is 183 Å². The van der Waals surface area contributed by atoms with Gasteiger partial charge in [0.15, 0.2) is 0 Å². The Morgan fingerprint density at radius 3 is 2.59 bits per heavy atom. The van der Waals surface area contributed by atoms with Crippen molar-refractivity contribution in [3.05, 3.63) is 72.2 Å². The lowest BCUT2D eigenvalue weighted by Crippen LogP contribution is -2.44. The monoisotopic (exact) mass is 444 g/mol. The van der Waals surface area contributed by atoms with Crippen LogP contribution in [0, 0.1) is 5.92 Å². The summed E-state index contributed by atoms with van der Waals surface area (Å²) >= 11 is 0. The van der Waals surface area contributed by atoms with Crippen LogP contribution in [0.3, 0.4) is 0 Å². The molecule has 10 heteroatoms. The molecule has 168 valence electrons. The number of nitrogens with one attached hydrogen (secondary N) is 2. The zero-order valence-corrected chi connectivity index (χ0v) is 17.4. The number of amides is 2. The zero-order valence-electron chi connectivity index (χ0n) is 17.4. The SMILES string of the molecule is C[C@H](NC(=O)NCC1CN(c2ccc(C(F)(F)F)cc2)c2ccnn2C1)c1ccccn1. The predicted molar refractivity (Wildman–Crippen MR) is 113 cm³/mol. The molecule has 1 aromatic carbocycles. The fourth-order valence-electron chi connectivity index (χ4n) is 3.74. The largest absolute Gasteiger partial charge is 0.416 e. The smallest absolute Gasteiger partial charge is 0.338 e. The van der Waals surface area contributed by atoms with Crippen molar-refractivity contribution >= 4 is 17.5 Å². The van der Waals surface area contributed by atoms with E-state index in [-0.39, 0.29) is 18.0 Å². The molecule has 1 unspecified atom stereocenters.